The van der Waals surface area contributed by atoms with Crippen LogP contribution in [0.5, 0.6) is 0 Å². The summed E-state index contributed by atoms with van der Waals surface area (Å²) in [5, 5.41) is 9.16. The zero-order valence-electron chi connectivity index (χ0n) is 6.54. The lowest BCUT2D eigenvalue weighted by Gasteiger charge is -2.03. The van der Waals surface area contributed by atoms with Crippen LogP contribution >= 0.6 is 11.8 Å². The molecular formula is C8H11NOS. The molecule has 0 aromatic heterocycles. The Balaban J connectivity index is 2.31. The second-order valence-electron chi connectivity index (χ2n) is 2.87. The maximum atomic E-state index is 10.7. The smallest absolute Gasteiger partial charge is 0.186 e. The largest absolute Gasteiger partial charge is 0.288 e. The lowest BCUT2D eigenvalue weighted by Crippen LogP contribution is -1.99. The third-order valence-corrected chi connectivity index (χ3v) is 2.99. The van der Waals surface area contributed by atoms with E-state index in [1.54, 1.807) is 6.92 Å². The van der Waals surface area contributed by atoms with E-state index in [4.69, 9.17) is 5.26 Å². The first-order chi connectivity index (χ1) is 5.22. The Morgan fingerprint density at radius 1 is 1.64 bits per heavy atom. The molecule has 0 unspecified atom stereocenters. The van der Waals surface area contributed by atoms with Crippen LogP contribution in [0.4, 0.5) is 0 Å². The van der Waals surface area contributed by atoms with Gasteiger partial charge in [-0.1, -0.05) is 11.8 Å². The van der Waals surface area contributed by atoms with Gasteiger partial charge in [0.2, 0.25) is 0 Å². The summed E-state index contributed by atoms with van der Waals surface area (Å²) in [4.78, 5) is 10.7. The molecule has 11 heavy (non-hydrogen) atoms. The van der Waals surface area contributed by atoms with Gasteiger partial charge in [0.15, 0.2) is 5.12 Å². The number of hydrogen-bond donors (Lipinski definition) is 0. The molecule has 0 saturated heterocycles. The van der Waals surface area contributed by atoms with Crippen molar-refractivity contribution in [3.05, 3.63) is 0 Å². The second kappa shape index (κ2) is 3.77. The van der Waals surface area contributed by atoms with Gasteiger partial charge in [0.05, 0.1) is 6.07 Å². The van der Waals surface area contributed by atoms with Crippen LogP contribution in [0.15, 0.2) is 0 Å². The highest BCUT2D eigenvalue weighted by Gasteiger charge is 2.25. The molecule has 0 aromatic carbocycles. The quantitative estimate of drug-likeness (QED) is 0.602. The summed E-state index contributed by atoms with van der Waals surface area (Å²) in [5.41, 5.74) is 0. The first kappa shape index (κ1) is 8.61. The Labute approximate surface area is 71.0 Å². The van der Waals surface area contributed by atoms with E-state index in [0.29, 0.717) is 5.25 Å². The number of carbonyl (C=O) groups is 1. The summed E-state index contributed by atoms with van der Waals surface area (Å²) >= 11 is 1.39. The van der Waals surface area contributed by atoms with Crippen LogP contribution in [0.2, 0.25) is 0 Å². The maximum Gasteiger partial charge on any atom is 0.186 e. The molecule has 0 heterocycles. The summed E-state index contributed by atoms with van der Waals surface area (Å²) < 4.78 is 0. The Hall–Kier alpha value is -0.490. The van der Waals surface area contributed by atoms with Gasteiger partial charge in [-0.25, -0.2) is 0 Å². The molecule has 0 bridgehead atoms. The minimum Gasteiger partial charge on any atom is -0.288 e. The Morgan fingerprint density at radius 2 is 2.36 bits per heavy atom. The average molecular weight is 169 g/mol. The third-order valence-electron chi connectivity index (χ3n) is 1.90. The lowest BCUT2D eigenvalue weighted by molar-refractivity contribution is -0.109. The average Bonchev–Trinajstić information content (AvgIpc) is 2.34. The predicted molar refractivity (Wildman–Crippen MR) is 45.0 cm³/mol. The van der Waals surface area contributed by atoms with Crippen molar-refractivity contribution in [2.45, 2.75) is 31.4 Å². The second-order valence-corrected chi connectivity index (χ2v) is 4.35. The predicted octanol–water partition coefficient (Wildman–Crippen LogP) is 1.96. The number of hydrogen-bond acceptors (Lipinski definition) is 3. The maximum absolute atomic E-state index is 10.7. The standard InChI is InChI=1S/C8H11NOS/c1-6(10)11-8-3-2-7(4-8)5-9/h7-8H,2-4H2,1H3/t7-,8+/m0/s1. The van der Waals surface area contributed by atoms with Crippen LogP contribution in [0.3, 0.4) is 0 Å². The number of nitriles is 1. The van der Waals surface area contributed by atoms with E-state index in [9.17, 15) is 4.79 Å². The molecular weight excluding hydrogens is 158 g/mol. The molecule has 1 saturated carbocycles. The number of nitrogens with zero attached hydrogens (tertiary/aromatic N) is 1. The molecule has 0 N–H and O–H groups in total. The van der Waals surface area contributed by atoms with Crippen molar-refractivity contribution in [2.24, 2.45) is 5.92 Å². The van der Waals surface area contributed by atoms with E-state index in [-0.39, 0.29) is 11.0 Å². The number of rotatable bonds is 1. The molecule has 0 aromatic rings. The fraction of sp³-hybridized carbons (Fsp3) is 0.750. The van der Waals surface area contributed by atoms with E-state index in [1.807, 2.05) is 0 Å². The Bertz CT molecular complexity index is 197. The summed E-state index contributed by atoms with van der Waals surface area (Å²) in [5.74, 6) is 0.201. The molecule has 1 rings (SSSR count). The van der Waals surface area contributed by atoms with Gasteiger partial charge >= 0.3 is 0 Å². The van der Waals surface area contributed by atoms with Gasteiger partial charge in [-0.3, -0.25) is 4.79 Å². The van der Waals surface area contributed by atoms with Crippen LogP contribution in [-0.2, 0) is 4.79 Å². The number of thioether (sulfide) groups is 1. The van der Waals surface area contributed by atoms with Crippen LogP contribution < -0.4 is 0 Å². The minimum absolute atomic E-state index is 0.175. The highest BCUT2D eigenvalue weighted by Crippen LogP contribution is 2.33. The van der Waals surface area contributed by atoms with Gasteiger partial charge in [-0.05, 0) is 19.3 Å². The van der Waals surface area contributed by atoms with Crippen molar-refractivity contribution in [1.29, 1.82) is 5.26 Å². The highest BCUT2D eigenvalue weighted by atomic mass is 32.2. The van der Waals surface area contributed by atoms with E-state index in [0.717, 1.165) is 19.3 Å². The normalized spacial score (nSPS) is 29.8. The molecule has 0 spiro atoms. The molecule has 60 valence electrons. The zero-order valence-corrected chi connectivity index (χ0v) is 7.36. The molecule has 0 aliphatic heterocycles. The molecule has 3 heteroatoms. The van der Waals surface area contributed by atoms with E-state index in [1.165, 1.54) is 11.8 Å². The first-order valence-corrected chi connectivity index (χ1v) is 4.67. The SMILES string of the molecule is CC(=O)S[C@@H]1CC[C@H](C#N)C1. The molecule has 1 aliphatic carbocycles. The number of carbonyl (C=O) groups excluding carboxylic acids is 1. The van der Waals surface area contributed by atoms with Crippen molar-refractivity contribution in [2.75, 3.05) is 0 Å². The summed E-state index contributed by atoms with van der Waals surface area (Å²) in [6, 6.07) is 2.24. The van der Waals surface area contributed by atoms with Crippen molar-refractivity contribution in [3.8, 4) is 6.07 Å². The lowest BCUT2D eigenvalue weighted by atomic mass is 10.1. The van der Waals surface area contributed by atoms with Crippen LogP contribution in [-0.4, -0.2) is 10.4 Å². The van der Waals surface area contributed by atoms with Gasteiger partial charge in [-0.2, -0.15) is 5.26 Å². The third kappa shape index (κ3) is 2.55. The summed E-state index contributed by atoms with van der Waals surface area (Å²) in [7, 11) is 0. The van der Waals surface area contributed by atoms with E-state index < -0.39 is 0 Å². The molecule has 1 fully saturated rings. The fourth-order valence-electron chi connectivity index (χ4n) is 1.40. The van der Waals surface area contributed by atoms with Gasteiger partial charge in [0.1, 0.15) is 0 Å². The zero-order chi connectivity index (χ0) is 8.27. The molecule has 0 amide bonds. The van der Waals surface area contributed by atoms with Gasteiger partial charge in [0.25, 0.3) is 0 Å². The van der Waals surface area contributed by atoms with Gasteiger partial charge in [-0.15, -0.1) is 0 Å². The fourth-order valence-corrected chi connectivity index (χ4v) is 2.45. The molecule has 2 atom stereocenters. The topological polar surface area (TPSA) is 40.9 Å². The van der Waals surface area contributed by atoms with Crippen LogP contribution in [0.1, 0.15) is 26.2 Å². The van der Waals surface area contributed by atoms with Crippen molar-refractivity contribution < 1.29 is 4.79 Å². The van der Waals surface area contributed by atoms with E-state index in [2.05, 4.69) is 6.07 Å². The monoisotopic (exact) mass is 169 g/mol. The van der Waals surface area contributed by atoms with Crippen molar-refractivity contribution in [3.63, 3.8) is 0 Å². The van der Waals surface area contributed by atoms with Gasteiger partial charge in [0, 0.05) is 18.1 Å². The van der Waals surface area contributed by atoms with Crippen molar-refractivity contribution >= 4 is 16.9 Å². The first-order valence-electron chi connectivity index (χ1n) is 3.79. The Morgan fingerprint density at radius 3 is 2.82 bits per heavy atom. The summed E-state index contributed by atoms with van der Waals surface area (Å²) in [6.45, 7) is 1.59. The molecule has 2 nitrogen and oxygen atoms in total. The van der Waals surface area contributed by atoms with Crippen LogP contribution in [0, 0.1) is 17.2 Å². The van der Waals surface area contributed by atoms with E-state index >= 15 is 0 Å². The summed E-state index contributed by atoms with van der Waals surface area (Å²) in [6.07, 6.45) is 2.91. The molecule has 1 aliphatic rings. The van der Waals surface area contributed by atoms with Crippen molar-refractivity contribution in [1.82, 2.24) is 0 Å². The minimum atomic E-state index is 0.175. The van der Waals surface area contributed by atoms with Crippen LogP contribution in [0.25, 0.3) is 0 Å². The Kier molecular flexibility index (Phi) is 2.95. The molecule has 0 radical (unpaired) electrons. The highest BCUT2D eigenvalue weighted by molar-refractivity contribution is 8.14. The van der Waals surface area contributed by atoms with Gasteiger partial charge < -0.3 is 0 Å².